The molecule has 1 aromatic rings. The van der Waals surface area contributed by atoms with Gasteiger partial charge in [0, 0.05) is 7.05 Å². The van der Waals surface area contributed by atoms with Crippen molar-refractivity contribution in [2.75, 3.05) is 24.3 Å². The Bertz CT molecular complexity index is 361. The molecule has 3 N–H and O–H groups in total. The Hall–Kier alpha value is -1.29. The van der Waals surface area contributed by atoms with Crippen LogP contribution in [0.5, 0.6) is 0 Å². The van der Waals surface area contributed by atoms with E-state index in [2.05, 4.69) is 15.6 Å². The molecular formula is C13H21N3O. The zero-order valence-electron chi connectivity index (χ0n) is 10.4. The van der Waals surface area contributed by atoms with Crippen LogP contribution in [0.15, 0.2) is 18.2 Å². The molecule has 1 aliphatic rings. The van der Waals surface area contributed by atoms with Crippen molar-refractivity contribution >= 4 is 11.6 Å². The number of hydrogen-bond acceptors (Lipinski definition) is 4. The van der Waals surface area contributed by atoms with Crippen molar-refractivity contribution in [3.05, 3.63) is 18.2 Å². The summed E-state index contributed by atoms with van der Waals surface area (Å²) >= 11 is 0. The number of pyridine rings is 1. The molecule has 1 aromatic heterocycles. The maximum absolute atomic E-state index is 9.62. The molecule has 1 fully saturated rings. The monoisotopic (exact) mass is 235 g/mol. The smallest absolute Gasteiger partial charge is 0.128 e. The molecule has 0 radical (unpaired) electrons. The summed E-state index contributed by atoms with van der Waals surface area (Å²) in [6.45, 7) is 0.179. The van der Waals surface area contributed by atoms with E-state index >= 15 is 0 Å². The van der Waals surface area contributed by atoms with Gasteiger partial charge in [-0.1, -0.05) is 25.3 Å². The van der Waals surface area contributed by atoms with E-state index in [4.69, 9.17) is 0 Å². The summed E-state index contributed by atoms with van der Waals surface area (Å²) in [4.78, 5) is 4.44. The molecule has 0 unspecified atom stereocenters. The highest BCUT2D eigenvalue weighted by atomic mass is 16.3. The minimum Gasteiger partial charge on any atom is -0.394 e. The zero-order chi connectivity index (χ0) is 12.1. The fourth-order valence-electron chi connectivity index (χ4n) is 2.47. The molecule has 0 aromatic carbocycles. The van der Waals surface area contributed by atoms with E-state index in [0.717, 1.165) is 24.5 Å². The largest absolute Gasteiger partial charge is 0.394 e. The molecule has 4 heteroatoms. The van der Waals surface area contributed by atoms with Crippen LogP contribution < -0.4 is 10.6 Å². The van der Waals surface area contributed by atoms with Gasteiger partial charge in [-0.25, -0.2) is 4.98 Å². The van der Waals surface area contributed by atoms with Gasteiger partial charge in [0.2, 0.25) is 0 Å². The van der Waals surface area contributed by atoms with E-state index in [1.165, 1.54) is 19.3 Å². The lowest BCUT2D eigenvalue weighted by Crippen LogP contribution is -2.44. The van der Waals surface area contributed by atoms with Crippen LogP contribution in [0.25, 0.3) is 0 Å². The molecule has 0 bridgehead atoms. The van der Waals surface area contributed by atoms with E-state index in [-0.39, 0.29) is 12.1 Å². The summed E-state index contributed by atoms with van der Waals surface area (Å²) in [5.41, 5.74) is -0.169. The first kappa shape index (κ1) is 12.2. The van der Waals surface area contributed by atoms with E-state index in [1.54, 1.807) is 0 Å². The quantitative estimate of drug-likeness (QED) is 0.749. The van der Waals surface area contributed by atoms with Crippen molar-refractivity contribution in [1.29, 1.82) is 0 Å². The second kappa shape index (κ2) is 5.36. The molecule has 0 saturated heterocycles. The third-order valence-corrected chi connectivity index (χ3v) is 3.51. The number of hydrogen-bond donors (Lipinski definition) is 3. The molecule has 0 spiro atoms. The molecule has 0 atom stereocenters. The highest BCUT2D eigenvalue weighted by Gasteiger charge is 2.31. The highest BCUT2D eigenvalue weighted by molar-refractivity contribution is 5.46. The third kappa shape index (κ3) is 2.88. The lowest BCUT2D eigenvalue weighted by molar-refractivity contribution is 0.172. The predicted molar refractivity (Wildman–Crippen MR) is 70.3 cm³/mol. The van der Waals surface area contributed by atoms with Crippen LogP contribution in [-0.2, 0) is 0 Å². The van der Waals surface area contributed by atoms with Gasteiger partial charge in [-0.3, -0.25) is 0 Å². The standard InChI is InChI=1S/C13H21N3O/c1-14-11-6-5-7-12(15-11)16-13(10-17)8-3-2-4-9-13/h5-7,17H,2-4,8-10H2,1H3,(H2,14,15,16). The van der Waals surface area contributed by atoms with Crippen molar-refractivity contribution in [2.45, 2.75) is 37.6 Å². The molecule has 0 aliphatic heterocycles. The maximum atomic E-state index is 9.62. The van der Waals surface area contributed by atoms with Crippen LogP contribution in [0.2, 0.25) is 0 Å². The van der Waals surface area contributed by atoms with Crippen LogP contribution >= 0.6 is 0 Å². The number of nitrogens with zero attached hydrogens (tertiary/aromatic N) is 1. The van der Waals surface area contributed by atoms with Gasteiger partial charge in [0.25, 0.3) is 0 Å². The zero-order valence-corrected chi connectivity index (χ0v) is 10.4. The lowest BCUT2D eigenvalue weighted by Gasteiger charge is -2.37. The van der Waals surface area contributed by atoms with Gasteiger partial charge in [-0.2, -0.15) is 0 Å². The summed E-state index contributed by atoms with van der Waals surface area (Å²) in [6, 6.07) is 5.85. The van der Waals surface area contributed by atoms with Gasteiger partial charge in [-0.15, -0.1) is 0 Å². The summed E-state index contributed by atoms with van der Waals surface area (Å²) in [5, 5.41) is 16.1. The number of rotatable bonds is 4. The average molecular weight is 235 g/mol. The van der Waals surface area contributed by atoms with Crippen LogP contribution in [0.4, 0.5) is 11.6 Å². The fourth-order valence-corrected chi connectivity index (χ4v) is 2.47. The summed E-state index contributed by atoms with van der Waals surface area (Å²) < 4.78 is 0. The van der Waals surface area contributed by atoms with Crippen LogP contribution in [-0.4, -0.2) is 29.3 Å². The van der Waals surface area contributed by atoms with Crippen LogP contribution in [0.3, 0.4) is 0 Å². The van der Waals surface area contributed by atoms with Crippen LogP contribution in [0.1, 0.15) is 32.1 Å². The number of anilines is 2. The van der Waals surface area contributed by atoms with E-state index in [9.17, 15) is 5.11 Å². The fraction of sp³-hybridized carbons (Fsp3) is 0.615. The Balaban J connectivity index is 2.11. The van der Waals surface area contributed by atoms with E-state index in [1.807, 2.05) is 25.2 Å². The Labute approximate surface area is 102 Å². The van der Waals surface area contributed by atoms with Gasteiger partial charge in [0.1, 0.15) is 11.6 Å². The first-order valence-corrected chi connectivity index (χ1v) is 6.32. The number of aliphatic hydroxyl groups is 1. The van der Waals surface area contributed by atoms with Gasteiger partial charge in [0.05, 0.1) is 12.1 Å². The van der Waals surface area contributed by atoms with Crippen molar-refractivity contribution < 1.29 is 5.11 Å². The van der Waals surface area contributed by atoms with Gasteiger partial charge in [0.15, 0.2) is 0 Å². The van der Waals surface area contributed by atoms with Gasteiger partial charge < -0.3 is 15.7 Å². The van der Waals surface area contributed by atoms with E-state index < -0.39 is 0 Å². The van der Waals surface area contributed by atoms with Crippen molar-refractivity contribution in [3.63, 3.8) is 0 Å². The van der Waals surface area contributed by atoms with Crippen molar-refractivity contribution in [3.8, 4) is 0 Å². The Kier molecular flexibility index (Phi) is 3.84. The Morgan fingerprint density at radius 2 is 1.94 bits per heavy atom. The van der Waals surface area contributed by atoms with Crippen molar-refractivity contribution in [1.82, 2.24) is 4.98 Å². The first-order chi connectivity index (χ1) is 8.28. The molecule has 1 heterocycles. The maximum Gasteiger partial charge on any atom is 0.128 e. The molecule has 1 aliphatic carbocycles. The second-order valence-corrected chi connectivity index (χ2v) is 4.78. The topological polar surface area (TPSA) is 57.2 Å². The molecule has 94 valence electrons. The molecule has 2 rings (SSSR count). The molecule has 17 heavy (non-hydrogen) atoms. The number of aromatic nitrogens is 1. The molecule has 1 saturated carbocycles. The number of nitrogens with one attached hydrogen (secondary N) is 2. The summed E-state index contributed by atoms with van der Waals surface area (Å²) in [6.07, 6.45) is 5.68. The summed E-state index contributed by atoms with van der Waals surface area (Å²) in [7, 11) is 1.86. The second-order valence-electron chi connectivity index (χ2n) is 4.78. The minimum atomic E-state index is -0.169. The normalized spacial score (nSPS) is 18.7. The van der Waals surface area contributed by atoms with Crippen molar-refractivity contribution in [2.24, 2.45) is 0 Å². The lowest BCUT2D eigenvalue weighted by atomic mass is 9.82. The number of aliphatic hydroxyl groups excluding tert-OH is 1. The Morgan fingerprint density at radius 3 is 2.59 bits per heavy atom. The first-order valence-electron chi connectivity index (χ1n) is 6.32. The minimum absolute atomic E-state index is 0.169. The van der Waals surface area contributed by atoms with Crippen LogP contribution in [0, 0.1) is 0 Å². The molecule has 4 nitrogen and oxygen atoms in total. The van der Waals surface area contributed by atoms with Gasteiger partial charge >= 0.3 is 0 Å². The predicted octanol–water partition coefficient (Wildman–Crippen LogP) is 2.23. The summed E-state index contributed by atoms with van der Waals surface area (Å²) in [5.74, 6) is 1.69. The Morgan fingerprint density at radius 1 is 1.24 bits per heavy atom. The van der Waals surface area contributed by atoms with Gasteiger partial charge in [-0.05, 0) is 25.0 Å². The SMILES string of the molecule is CNc1cccc(NC2(CO)CCCCC2)n1. The molecular weight excluding hydrogens is 214 g/mol. The highest BCUT2D eigenvalue weighted by Crippen LogP contribution is 2.31. The third-order valence-electron chi connectivity index (χ3n) is 3.51. The average Bonchev–Trinajstić information content (AvgIpc) is 2.40. The van der Waals surface area contributed by atoms with E-state index in [0.29, 0.717) is 0 Å². The molecule has 0 amide bonds.